The van der Waals surface area contributed by atoms with E-state index >= 15 is 0 Å². The summed E-state index contributed by atoms with van der Waals surface area (Å²) in [4.78, 5) is 24.0. The van der Waals surface area contributed by atoms with Crippen molar-refractivity contribution in [3.63, 3.8) is 0 Å². The molecule has 21 heavy (non-hydrogen) atoms. The van der Waals surface area contributed by atoms with Gasteiger partial charge >= 0.3 is 5.97 Å². The Balaban J connectivity index is 1.85. The Kier molecular flexibility index (Phi) is 3.49. The fraction of sp³-hybridized carbons (Fsp3) is 0.375. The summed E-state index contributed by atoms with van der Waals surface area (Å²) < 4.78 is 0. The molecule has 4 nitrogen and oxygen atoms in total. The number of rotatable bonds is 3. The summed E-state index contributed by atoms with van der Waals surface area (Å²) in [6, 6.07) is 5.38. The molecule has 0 heterocycles. The molecule has 0 aliphatic heterocycles. The maximum atomic E-state index is 12.6. The zero-order chi connectivity index (χ0) is 15.1. The average Bonchev–Trinajstić information content (AvgIpc) is 3.03. The van der Waals surface area contributed by atoms with Gasteiger partial charge < -0.3 is 10.4 Å². The van der Waals surface area contributed by atoms with Gasteiger partial charge in [-0.25, -0.2) is 0 Å². The van der Waals surface area contributed by atoms with Crippen LogP contribution in [-0.4, -0.2) is 17.0 Å². The quantitative estimate of drug-likeness (QED) is 0.843. The molecule has 2 N–H and O–H groups in total. The number of aryl methyl sites for hydroxylation is 1. The molecule has 1 aromatic carbocycles. The molecule has 3 rings (SSSR count). The highest BCUT2D eigenvalue weighted by Gasteiger charge is 2.51. The van der Waals surface area contributed by atoms with E-state index in [-0.39, 0.29) is 17.7 Å². The highest BCUT2D eigenvalue weighted by atomic mass is 35.5. The molecule has 0 aromatic heterocycles. The topological polar surface area (TPSA) is 66.4 Å². The number of aliphatic carboxylic acids is 1. The van der Waals surface area contributed by atoms with Crippen LogP contribution in [0.2, 0.25) is 5.02 Å². The Morgan fingerprint density at radius 1 is 1.24 bits per heavy atom. The first-order valence-corrected chi connectivity index (χ1v) is 7.34. The van der Waals surface area contributed by atoms with Gasteiger partial charge in [-0.15, -0.1) is 0 Å². The number of fused-ring (bicyclic) bond motifs is 2. The first-order valence-electron chi connectivity index (χ1n) is 6.96. The third kappa shape index (κ3) is 2.33. The maximum absolute atomic E-state index is 12.6. The standard InChI is InChI=1S/C16H16ClNO3/c1-8-3-2-4-11(17)14(8)18-15(19)12-9-5-6-10(7-9)13(12)16(20)21/h2-6,9-10,12-13H,7H2,1H3,(H,18,19)(H,20,21)/t9-,10-,12-,13-/m0/s1. The number of hydrogen-bond donors (Lipinski definition) is 2. The van der Waals surface area contributed by atoms with E-state index in [1.54, 1.807) is 6.07 Å². The smallest absolute Gasteiger partial charge is 0.307 e. The number of allylic oxidation sites excluding steroid dienone is 2. The minimum Gasteiger partial charge on any atom is -0.481 e. The number of carbonyl (C=O) groups excluding carboxylic acids is 1. The van der Waals surface area contributed by atoms with Crippen LogP contribution in [-0.2, 0) is 9.59 Å². The van der Waals surface area contributed by atoms with Gasteiger partial charge in [0.1, 0.15) is 0 Å². The van der Waals surface area contributed by atoms with Crippen LogP contribution in [0.4, 0.5) is 5.69 Å². The number of anilines is 1. The average molecular weight is 306 g/mol. The monoisotopic (exact) mass is 305 g/mol. The van der Waals surface area contributed by atoms with E-state index in [1.165, 1.54) is 0 Å². The molecule has 1 amide bonds. The Labute approximate surface area is 127 Å². The fourth-order valence-corrected chi connectivity index (χ4v) is 3.78. The van der Waals surface area contributed by atoms with Crippen molar-refractivity contribution in [2.75, 3.05) is 5.32 Å². The molecule has 4 atom stereocenters. The molecule has 1 saturated carbocycles. The first-order chi connectivity index (χ1) is 9.99. The molecule has 0 radical (unpaired) electrons. The number of nitrogens with one attached hydrogen (secondary N) is 1. The second kappa shape index (κ2) is 5.19. The number of halogens is 1. The van der Waals surface area contributed by atoms with E-state index in [2.05, 4.69) is 5.32 Å². The number of para-hydroxylation sites is 1. The predicted molar refractivity (Wildman–Crippen MR) is 80.2 cm³/mol. The van der Waals surface area contributed by atoms with Crippen LogP contribution in [0.5, 0.6) is 0 Å². The van der Waals surface area contributed by atoms with Crippen molar-refractivity contribution in [3.8, 4) is 0 Å². The van der Waals surface area contributed by atoms with E-state index in [1.807, 2.05) is 31.2 Å². The zero-order valence-electron chi connectivity index (χ0n) is 11.5. The molecular formula is C16H16ClNO3. The van der Waals surface area contributed by atoms with Crippen LogP contribution in [0.15, 0.2) is 30.4 Å². The molecule has 0 saturated heterocycles. The summed E-state index contributed by atoms with van der Waals surface area (Å²) >= 11 is 6.11. The van der Waals surface area contributed by atoms with Crippen molar-refractivity contribution >= 4 is 29.2 Å². The van der Waals surface area contributed by atoms with Gasteiger partial charge in [-0.3, -0.25) is 9.59 Å². The molecule has 2 bridgehead atoms. The third-order valence-electron chi connectivity index (χ3n) is 4.52. The molecule has 2 aliphatic carbocycles. The number of carboxylic acid groups (broad SMARTS) is 1. The zero-order valence-corrected chi connectivity index (χ0v) is 12.3. The Bertz CT molecular complexity index is 620. The second-order valence-corrected chi connectivity index (χ2v) is 6.17. The van der Waals surface area contributed by atoms with Gasteiger partial charge in [0.15, 0.2) is 0 Å². The van der Waals surface area contributed by atoms with Crippen LogP contribution < -0.4 is 5.32 Å². The molecule has 0 spiro atoms. The molecule has 110 valence electrons. The minimum atomic E-state index is -0.900. The van der Waals surface area contributed by atoms with E-state index in [9.17, 15) is 14.7 Å². The van der Waals surface area contributed by atoms with Crippen molar-refractivity contribution in [1.29, 1.82) is 0 Å². The largest absolute Gasteiger partial charge is 0.481 e. The fourth-order valence-electron chi connectivity index (χ4n) is 3.51. The highest BCUT2D eigenvalue weighted by molar-refractivity contribution is 6.34. The molecule has 1 fully saturated rings. The summed E-state index contributed by atoms with van der Waals surface area (Å²) in [5, 5.41) is 12.7. The third-order valence-corrected chi connectivity index (χ3v) is 4.83. The van der Waals surface area contributed by atoms with E-state index in [0.717, 1.165) is 12.0 Å². The van der Waals surface area contributed by atoms with Crippen molar-refractivity contribution in [2.24, 2.45) is 23.7 Å². The van der Waals surface area contributed by atoms with Gasteiger partial charge in [0.2, 0.25) is 5.91 Å². The Morgan fingerprint density at radius 3 is 2.52 bits per heavy atom. The lowest BCUT2D eigenvalue weighted by atomic mass is 9.82. The van der Waals surface area contributed by atoms with Crippen LogP contribution in [0.3, 0.4) is 0 Å². The minimum absolute atomic E-state index is 0.0129. The number of carbonyl (C=O) groups is 2. The van der Waals surface area contributed by atoms with E-state index in [0.29, 0.717) is 10.7 Å². The lowest BCUT2D eigenvalue weighted by molar-refractivity contribution is -0.146. The van der Waals surface area contributed by atoms with Crippen LogP contribution in [0.25, 0.3) is 0 Å². The number of benzene rings is 1. The highest BCUT2D eigenvalue weighted by Crippen LogP contribution is 2.48. The predicted octanol–water partition coefficient (Wildman–Crippen LogP) is 3.11. The van der Waals surface area contributed by atoms with Crippen molar-refractivity contribution in [3.05, 3.63) is 40.9 Å². The normalized spacial score (nSPS) is 29.6. The van der Waals surface area contributed by atoms with Crippen LogP contribution >= 0.6 is 11.6 Å². The maximum Gasteiger partial charge on any atom is 0.307 e. The van der Waals surface area contributed by atoms with Crippen molar-refractivity contribution in [1.82, 2.24) is 0 Å². The van der Waals surface area contributed by atoms with Gasteiger partial charge in [0.05, 0.1) is 22.5 Å². The number of amides is 1. The number of hydrogen-bond acceptors (Lipinski definition) is 2. The van der Waals surface area contributed by atoms with Gasteiger partial charge in [-0.05, 0) is 36.8 Å². The Hall–Kier alpha value is -1.81. The lowest BCUT2D eigenvalue weighted by Gasteiger charge is -2.24. The molecular weight excluding hydrogens is 290 g/mol. The van der Waals surface area contributed by atoms with Crippen molar-refractivity contribution in [2.45, 2.75) is 13.3 Å². The van der Waals surface area contributed by atoms with Crippen LogP contribution in [0.1, 0.15) is 12.0 Å². The summed E-state index contributed by atoms with van der Waals surface area (Å²) in [5.74, 6) is -2.33. The van der Waals surface area contributed by atoms with E-state index < -0.39 is 17.8 Å². The van der Waals surface area contributed by atoms with Crippen LogP contribution in [0, 0.1) is 30.6 Å². The Morgan fingerprint density at radius 2 is 1.90 bits per heavy atom. The summed E-state index contributed by atoms with van der Waals surface area (Å²) in [6.07, 6.45) is 4.64. The second-order valence-electron chi connectivity index (χ2n) is 5.76. The summed E-state index contributed by atoms with van der Waals surface area (Å²) in [7, 11) is 0. The van der Waals surface area contributed by atoms with Gasteiger partial charge in [0, 0.05) is 0 Å². The lowest BCUT2D eigenvalue weighted by Crippen LogP contribution is -2.36. The summed E-state index contributed by atoms with van der Waals surface area (Å²) in [6.45, 7) is 1.86. The van der Waals surface area contributed by atoms with E-state index in [4.69, 9.17) is 11.6 Å². The number of carboxylic acids is 1. The summed E-state index contributed by atoms with van der Waals surface area (Å²) in [5.41, 5.74) is 1.43. The molecule has 1 aromatic rings. The van der Waals surface area contributed by atoms with Crippen molar-refractivity contribution < 1.29 is 14.7 Å². The van der Waals surface area contributed by atoms with Gasteiger partial charge in [-0.1, -0.05) is 35.9 Å². The molecule has 2 aliphatic rings. The van der Waals surface area contributed by atoms with Gasteiger partial charge in [0.25, 0.3) is 0 Å². The van der Waals surface area contributed by atoms with Gasteiger partial charge in [-0.2, -0.15) is 0 Å². The molecule has 0 unspecified atom stereocenters. The molecule has 5 heteroatoms. The first kappa shape index (κ1) is 14.1. The SMILES string of the molecule is Cc1cccc(Cl)c1NC(=O)[C@@H]1[C@@H](C(=O)O)[C@H]2C=C[C@H]1C2.